The Hall–Kier alpha value is -1.59. The van der Waals surface area contributed by atoms with E-state index in [9.17, 15) is 14.4 Å². The summed E-state index contributed by atoms with van der Waals surface area (Å²) in [6, 6.07) is 0. The van der Waals surface area contributed by atoms with Gasteiger partial charge in [0.05, 0.1) is 16.2 Å². The number of amides is 3. The molecule has 2 atom stereocenters. The van der Waals surface area contributed by atoms with Crippen molar-refractivity contribution in [2.75, 3.05) is 39.3 Å². The molecule has 348 valence electrons. The Balaban J connectivity index is 0.000000111. The van der Waals surface area contributed by atoms with E-state index in [1.165, 1.54) is 161 Å². The third-order valence-corrected chi connectivity index (χ3v) is 22.0. The van der Waals surface area contributed by atoms with Crippen LogP contribution in [-0.4, -0.2) is 71.7 Å². The third-order valence-electron chi connectivity index (χ3n) is 22.0. The predicted molar refractivity (Wildman–Crippen MR) is 250 cm³/mol. The van der Waals surface area contributed by atoms with E-state index in [1.807, 2.05) is 0 Å². The van der Waals surface area contributed by atoms with Gasteiger partial charge < -0.3 is 14.7 Å². The summed E-state index contributed by atoms with van der Waals surface area (Å²) in [6.45, 7) is 20.1. The smallest absolute Gasteiger partial charge is 0.228 e. The molecule has 3 heterocycles. The molecule has 3 aliphatic heterocycles. The summed E-state index contributed by atoms with van der Waals surface area (Å²) in [5.41, 5.74) is 1.14. The molecule has 0 radical (unpaired) electrons. The number of carbonyl (C=O) groups is 3. The van der Waals surface area contributed by atoms with E-state index in [4.69, 9.17) is 0 Å². The lowest BCUT2D eigenvalue weighted by Crippen LogP contribution is -2.56. The number of rotatable bonds is 6. The zero-order chi connectivity index (χ0) is 43.2. The molecular weight excluding hydrogens is 763 g/mol. The third kappa shape index (κ3) is 8.18. The van der Waals surface area contributed by atoms with Crippen molar-refractivity contribution in [2.24, 2.45) is 92.2 Å². The highest BCUT2D eigenvalue weighted by molar-refractivity contribution is 5.85. The van der Waals surface area contributed by atoms with Crippen molar-refractivity contribution in [3.63, 3.8) is 0 Å². The predicted octanol–water partition coefficient (Wildman–Crippen LogP) is 12.2. The van der Waals surface area contributed by atoms with E-state index in [0.717, 1.165) is 92.5 Å². The number of nitrogens with zero attached hydrogens (tertiary/aromatic N) is 3. The Kier molecular flexibility index (Phi) is 11.9. The second-order valence-corrected chi connectivity index (χ2v) is 26.9. The van der Waals surface area contributed by atoms with E-state index >= 15 is 0 Å². The van der Waals surface area contributed by atoms with Crippen LogP contribution >= 0.6 is 0 Å². The van der Waals surface area contributed by atoms with Crippen molar-refractivity contribution in [2.45, 2.75) is 202 Å². The fraction of sp³-hybridized carbons (Fsp3) is 0.946. The first-order valence-corrected chi connectivity index (χ1v) is 27.5. The van der Waals surface area contributed by atoms with E-state index in [0.29, 0.717) is 40.4 Å². The van der Waals surface area contributed by atoms with Crippen LogP contribution in [0.1, 0.15) is 202 Å². The molecule has 15 rings (SSSR count). The van der Waals surface area contributed by atoms with Crippen molar-refractivity contribution < 1.29 is 14.4 Å². The lowest BCUT2D eigenvalue weighted by molar-refractivity contribution is -0.160. The van der Waals surface area contributed by atoms with Crippen LogP contribution in [0, 0.1) is 92.2 Å². The number of hydrogen-bond donors (Lipinski definition) is 0. The van der Waals surface area contributed by atoms with Gasteiger partial charge in [-0.2, -0.15) is 0 Å². The normalized spacial score (nSPS) is 46.0. The summed E-state index contributed by atoms with van der Waals surface area (Å²) in [6.07, 6.45) is 32.5. The molecule has 0 aromatic heterocycles. The molecule has 0 aromatic rings. The maximum atomic E-state index is 13.3. The maximum Gasteiger partial charge on any atom is 0.228 e. The molecule has 6 heteroatoms. The minimum Gasteiger partial charge on any atom is -0.342 e. The average molecular weight is 854 g/mol. The second-order valence-electron chi connectivity index (χ2n) is 26.9. The zero-order valence-electron chi connectivity index (χ0n) is 40.8. The molecule has 62 heavy (non-hydrogen) atoms. The van der Waals surface area contributed by atoms with Crippen LogP contribution in [0.2, 0.25) is 0 Å². The number of likely N-dealkylation sites (tertiary alicyclic amines) is 3. The Morgan fingerprint density at radius 1 is 0.419 bits per heavy atom. The minimum atomic E-state index is 0.0749. The van der Waals surface area contributed by atoms with E-state index in [-0.39, 0.29) is 16.2 Å². The lowest BCUT2D eigenvalue weighted by Gasteiger charge is -2.57. The van der Waals surface area contributed by atoms with E-state index in [2.05, 4.69) is 56.2 Å². The summed E-state index contributed by atoms with van der Waals surface area (Å²) in [7, 11) is 0. The van der Waals surface area contributed by atoms with Crippen molar-refractivity contribution in [3.8, 4) is 0 Å². The van der Waals surface area contributed by atoms with Crippen molar-refractivity contribution in [1.82, 2.24) is 14.7 Å². The summed E-state index contributed by atoms with van der Waals surface area (Å²) in [5.74, 6) is 11.0. The molecule has 2 unspecified atom stereocenters. The highest BCUT2D eigenvalue weighted by Gasteiger charge is 2.59. The Morgan fingerprint density at radius 3 is 1.03 bits per heavy atom. The van der Waals surface area contributed by atoms with Crippen LogP contribution in [-0.2, 0) is 14.4 Å². The molecule has 0 aromatic carbocycles. The van der Waals surface area contributed by atoms with Crippen LogP contribution in [0.3, 0.4) is 0 Å². The fourth-order valence-corrected chi connectivity index (χ4v) is 19.5. The summed E-state index contributed by atoms with van der Waals surface area (Å²) in [4.78, 5) is 46.7. The van der Waals surface area contributed by atoms with Crippen molar-refractivity contribution in [3.05, 3.63) is 0 Å². The molecule has 0 N–H and O–H groups in total. The van der Waals surface area contributed by atoms with Gasteiger partial charge in [0.15, 0.2) is 0 Å². The van der Waals surface area contributed by atoms with Gasteiger partial charge in [-0.3, -0.25) is 14.4 Å². The first-order valence-electron chi connectivity index (χ1n) is 27.5. The molecule has 15 fully saturated rings. The Labute approximate surface area is 379 Å². The van der Waals surface area contributed by atoms with Gasteiger partial charge in [0.2, 0.25) is 17.7 Å². The van der Waals surface area contributed by atoms with Crippen LogP contribution in [0.25, 0.3) is 0 Å². The van der Waals surface area contributed by atoms with Gasteiger partial charge in [-0.1, -0.05) is 48.0 Å². The molecule has 3 saturated heterocycles. The van der Waals surface area contributed by atoms with Crippen molar-refractivity contribution >= 4 is 17.7 Å². The average Bonchev–Trinajstić information content (AvgIpc) is 3.67. The molecule has 3 amide bonds. The van der Waals surface area contributed by atoms with Gasteiger partial charge in [0.1, 0.15) is 0 Å². The maximum absolute atomic E-state index is 13.3. The molecule has 15 aliphatic rings. The topological polar surface area (TPSA) is 60.9 Å². The number of carbonyl (C=O) groups excluding carboxylic acids is 3. The van der Waals surface area contributed by atoms with Gasteiger partial charge in [-0.25, -0.2) is 0 Å². The van der Waals surface area contributed by atoms with Crippen LogP contribution in [0.5, 0.6) is 0 Å². The summed E-state index contributed by atoms with van der Waals surface area (Å²) >= 11 is 0. The van der Waals surface area contributed by atoms with E-state index in [1.54, 1.807) is 0 Å². The van der Waals surface area contributed by atoms with Crippen LogP contribution in [0.15, 0.2) is 0 Å². The molecule has 12 bridgehead atoms. The molecule has 0 spiro atoms. The first kappa shape index (κ1) is 44.3. The van der Waals surface area contributed by atoms with Crippen molar-refractivity contribution in [1.29, 1.82) is 0 Å². The van der Waals surface area contributed by atoms with Gasteiger partial charge in [0, 0.05) is 39.3 Å². The molecule has 6 nitrogen and oxygen atoms in total. The van der Waals surface area contributed by atoms with Crippen LogP contribution in [0.4, 0.5) is 0 Å². The highest BCUT2D eigenvalue weighted by atomic mass is 16.2. The monoisotopic (exact) mass is 854 g/mol. The quantitative estimate of drug-likeness (QED) is 0.267. The molecule has 12 aliphatic carbocycles. The molecular formula is C56H91N3O3. The van der Waals surface area contributed by atoms with Gasteiger partial charge >= 0.3 is 0 Å². The minimum absolute atomic E-state index is 0.0749. The van der Waals surface area contributed by atoms with Gasteiger partial charge in [-0.05, 0) is 230 Å². The van der Waals surface area contributed by atoms with Gasteiger partial charge in [0.25, 0.3) is 0 Å². The second kappa shape index (κ2) is 16.6. The number of piperidine rings is 2. The zero-order valence-corrected chi connectivity index (χ0v) is 40.8. The Morgan fingerprint density at radius 2 is 0.726 bits per heavy atom. The summed E-state index contributed by atoms with van der Waals surface area (Å²) < 4.78 is 0. The molecule has 12 saturated carbocycles. The lowest BCUT2D eigenvalue weighted by atomic mass is 9.49. The number of hydrogen-bond acceptors (Lipinski definition) is 3. The highest BCUT2D eigenvalue weighted by Crippen LogP contribution is 2.63. The fourth-order valence-electron chi connectivity index (χ4n) is 19.5. The van der Waals surface area contributed by atoms with Gasteiger partial charge in [-0.15, -0.1) is 0 Å². The van der Waals surface area contributed by atoms with Crippen LogP contribution < -0.4 is 0 Å². The largest absolute Gasteiger partial charge is 0.342 e. The summed E-state index contributed by atoms with van der Waals surface area (Å²) in [5, 5.41) is 0. The van der Waals surface area contributed by atoms with E-state index < -0.39 is 0 Å². The standard InChI is InChI=1S/2C19H31NO.C18H29NO/c1-3-18(2)4-6-20(7-5-18)17(21)19-11-14-8-15(12-19)10-16(9-14)13-19;1-3-18(4-2)5-6-20(13-18)17(21)19-10-14-7-15(11-19)9-16(8-14)12-19;1-12-3-13(2)11-19(10-12)17(20)18-7-14-4-15(8-18)6-16(5-14)9-18/h2*14-16H,3-13H2,1-2H3;12-16H,3-11H2,1-2H3. The Bertz CT molecular complexity index is 1550. The SMILES string of the molecule is CC1CC(C)CN(C(=O)C23CC4CC(CC(C4)C2)C3)C1.CCC1(C)CCN(C(=O)C23CC4CC(CC(C4)C2)C3)CC1.CCC1(CC)CCN(C(=O)C23CC4CC(CC(C4)C2)C3)C1. The first-order chi connectivity index (χ1) is 29.6.